The number of hydrogen-bond acceptors (Lipinski definition) is 3. The summed E-state index contributed by atoms with van der Waals surface area (Å²) in [6.45, 7) is 7.09. The van der Waals surface area contributed by atoms with Crippen LogP contribution in [0, 0.1) is 16.7 Å². The quantitative estimate of drug-likeness (QED) is 0.834. The molecule has 0 aromatic rings. The molecule has 2 bridgehead atoms. The molecule has 5 atom stereocenters. The van der Waals surface area contributed by atoms with Gasteiger partial charge in [0, 0.05) is 6.42 Å². The third kappa shape index (κ3) is 1.77. The Morgan fingerprint density at radius 3 is 2.40 bits per heavy atom. The van der Waals surface area contributed by atoms with E-state index in [0.29, 0.717) is 18.3 Å². The van der Waals surface area contributed by atoms with Crippen LogP contribution < -0.4 is 5.73 Å². The predicted molar refractivity (Wildman–Crippen MR) is 76.3 cm³/mol. The van der Waals surface area contributed by atoms with E-state index in [1.807, 2.05) is 0 Å². The maximum atomic E-state index is 11.2. The fraction of sp³-hybridized carbons (Fsp3) is 0.938. The van der Waals surface area contributed by atoms with Gasteiger partial charge < -0.3 is 15.6 Å². The summed E-state index contributed by atoms with van der Waals surface area (Å²) < 4.78 is 6.35. The first-order valence-corrected chi connectivity index (χ1v) is 7.87. The number of carboxylic acid groups (broad SMARTS) is 1. The van der Waals surface area contributed by atoms with Crippen LogP contribution >= 0.6 is 0 Å². The fourth-order valence-corrected chi connectivity index (χ4v) is 4.91. The van der Waals surface area contributed by atoms with Crippen molar-refractivity contribution >= 4 is 5.97 Å². The molecule has 0 saturated heterocycles. The van der Waals surface area contributed by atoms with Crippen LogP contribution in [0.5, 0.6) is 0 Å². The van der Waals surface area contributed by atoms with Crippen molar-refractivity contribution in [3.63, 3.8) is 0 Å². The van der Waals surface area contributed by atoms with Crippen LogP contribution in [0.15, 0.2) is 0 Å². The van der Waals surface area contributed by atoms with Gasteiger partial charge in [-0.2, -0.15) is 0 Å². The molecule has 20 heavy (non-hydrogen) atoms. The lowest BCUT2D eigenvalue weighted by atomic mass is 9.70. The van der Waals surface area contributed by atoms with E-state index in [1.165, 1.54) is 12.8 Å². The molecule has 0 aromatic heterocycles. The first kappa shape index (κ1) is 14.3. The Bertz CT molecular complexity index is 435. The van der Waals surface area contributed by atoms with Gasteiger partial charge in [-0.05, 0) is 48.9 Å². The molecule has 0 amide bonds. The SMILES string of the molecule is CC1(C)C2CCC1(C)C(OC1CCC(N)(C(=O)O)C1)C2. The van der Waals surface area contributed by atoms with E-state index in [9.17, 15) is 9.90 Å². The minimum Gasteiger partial charge on any atom is -0.480 e. The minimum atomic E-state index is -1.07. The Balaban J connectivity index is 1.68. The number of carboxylic acids is 1. The first-order valence-electron chi connectivity index (χ1n) is 7.87. The Hall–Kier alpha value is -0.610. The molecular weight excluding hydrogens is 254 g/mol. The molecule has 3 saturated carbocycles. The lowest BCUT2D eigenvalue weighted by Gasteiger charge is -2.40. The van der Waals surface area contributed by atoms with Gasteiger partial charge in [-0.25, -0.2) is 0 Å². The molecule has 4 heteroatoms. The average Bonchev–Trinajstić information content (AvgIpc) is 2.89. The molecule has 4 nitrogen and oxygen atoms in total. The summed E-state index contributed by atoms with van der Waals surface area (Å²) in [7, 11) is 0. The Labute approximate surface area is 121 Å². The summed E-state index contributed by atoms with van der Waals surface area (Å²) in [6.07, 6.45) is 5.73. The number of aliphatic carboxylic acids is 1. The molecule has 0 heterocycles. The van der Waals surface area contributed by atoms with Crippen molar-refractivity contribution in [1.82, 2.24) is 0 Å². The highest BCUT2D eigenvalue weighted by molar-refractivity contribution is 5.78. The van der Waals surface area contributed by atoms with Crippen LogP contribution in [-0.4, -0.2) is 28.8 Å². The summed E-state index contributed by atoms with van der Waals surface area (Å²) in [6, 6.07) is 0. The molecule has 3 N–H and O–H groups in total. The normalized spacial score (nSPS) is 49.7. The first-order chi connectivity index (χ1) is 9.19. The second kappa shape index (κ2) is 4.20. The summed E-state index contributed by atoms with van der Waals surface area (Å²) in [4.78, 5) is 11.2. The molecule has 3 fully saturated rings. The third-order valence-electron chi connectivity index (χ3n) is 7.00. The average molecular weight is 281 g/mol. The van der Waals surface area contributed by atoms with E-state index in [4.69, 9.17) is 10.5 Å². The van der Waals surface area contributed by atoms with Crippen molar-refractivity contribution in [1.29, 1.82) is 0 Å². The van der Waals surface area contributed by atoms with E-state index in [-0.39, 0.29) is 17.6 Å². The van der Waals surface area contributed by atoms with Crippen LogP contribution in [0.1, 0.15) is 59.3 Å². The van der Waals surface area contributed by atoms with Gasteiger partial charge in [-0.15, -0.1) is 0 Å². The van der Waals surface area contributed by atoms with Gasteiger partial charge in [-0.1, -0.05) is 20.8 Å². The number of carbonyl (C=O) groups is 1. The van der Waals surface area contributed by atoms with Crippen molar-refractivity contribution in [3.05, 3.63) is 0 Å². The highest BCUT2D eigenvalue weighted by Gasteiger charge is 2.62. The van der Waals surface area contributed by atoms with Gasteiger partial charge in [-0.3, -0.25) is 4.79 Å². The largest absolute Gasteiger partial charge is 0.480 e. The van der Waals surface area contributed by atoms with Crippen molar-refractivity contribution in [3.8, 4) is 0 Å². The summed E-state index contributed by atoms with van der Waals surface area (Å²) >= 11 is 0. The van der Waals surface area contributed by atoms with Gasteiger partial charge in [0.1, 0.15) is 5.54 Å². The molecule has 0 radical (unpaired) electrons. The molecule has 3 rings (SSSR count). The third-order valence-corrected chi connectivity index (χ3v) is 7.00. The standard InChI is InChI=1S/C16H27NO3/c1-14(2)10-4-6-15(14,3)12(8-10)20-11-5-7-16(17,9-11)13(18)19/h10-12H,4-9,17H2,1-3H3,(H,18,19). The topological polar surface area (TPSA) is 72.5 Å². The van der Waals surface area contributed by atoms with Crippen LogP contribution in [0.4, 0.5) is 0 Å². The highest BCUT2D eigenvalue weighted by Crippen LogP contribution is 2.66. The Morgan fingerprint density at radius 2 is 1.95 bits per heavy atom. The van der Waals surface area contributed by atoms with Gasteiger partial charge >= 0.3 is 5.97 Å². The predicted octanol–water partition coefficient (Wildman–Crippen LogP) is 2.55. The van der Waals surface area contributed by atoms with Crippen LogP contribution in [0.25, 0.3) is 0 Å². The maximum Gasteiger partial charge on any atom is 0.323 e. The second-order valence-electron chi connectivity index (χ2n) is 8.06. The molecule has 0 aliphatic heterocycles. The van der Waals surface area contributed by atoms with Gasteiger partial charge in [0.15, 0.2) is 0 Å². The minimum absolute atomic E-state index is 0.0214. The molecule has 3 aliphatic carbocycles. The van der Waals surface area contributed by atoms with E-state index in [1.54, 1.807) is 0 Å². The number of fused-ring (bicyclic) bond motifs is 2. The Morgan fingerprint density at radius 1 is 1.25 bits per heavy atom. The van der Waals surface area contributed by atoms with E-state index in [0.717, 1.165) is 18.8 Å². The number of hydrogen-bond donors (Lipinski definition) is 2. The molecular formula is C16H27NO3. The summed E-state index contributed by atoms with van der Waals surface area (Å²) in [5.41, 5.74) is 5.45. The number of nitrogens with two attached hydrogens (primary N) is 1. The van der Waals surface area contributed by atoms with Crippen molar-refractivity contribution in [2.75, 3.05) is 0 Å². The second-order valence-corrected chi connectivity index (χ2v) is 8.06. The number of rotatable bonds is 3. The van der Waals surface area contributed by atoms with Gasteiger partial charge in [0.2, 0.25) is 0 Å². The zero-order chi connectivity index (χ0) is 14.8. The summed E-state index contributed by atoms with van der Waals surface area (Å²) in [5.74, 6) is -0.135. The number of ether oxygens (including phenoxy) is 1. The van der Waals surface area contributed by atoms with Crippen molar-refractivity contribution in [2.45, 2.75) is 77.0 Å². The molecule has 3 aliphatic rings. The summed E-state index contributed by atoms with van der Waals surface area (Å²) in [5, 5.41) is 9.21. The Kier molecular flexibility index (Phi) is 3.01. The smallest absolute Gasteiger partial charge is 0.323 e. The molecule has 0 spiro atoms. The van der Waals surface area contributed by atoms with Crippen molar-refractivity contribution in [2.24, 2.45) is 22.5 Å². The zero-order valence-corrected chi connectivity index (χ0v) is 12.8. The monoisotopic (exact) mass is 281 g/mol. The highest BCUT2D eigenvalue weighted by atomic mass is 16.5. The lowest BCUT2D eigenvalue weighted by Crippen LogP contribution is -2.46. The van der Waals surface area contributed by atoms with E-state index < -0.39 is 11.5 Å². The van der Waals surface area contributed by atoms with Crippen molar-refractivity contribution < 1.29 is 14.6 Å². The molecule has 0 aromatic carbocycles. The molecule has 5 unspecified atom stereocenters. The maximum absolute atomic E-state index is 11.2. The van der Waals surface area contributed by atoms with Gasteiger partial charge in [0.05, 0.1) is 12.2 Å². The lowest BCUT2D eigenvalue weighted by molar-refractivity contribution is -0.144. The van der Waals surface area contributed by atoms with Crippen LogP contribution in [0.2, 0.25) is 0 Å². The zero-order valence-electron chi connectivity index (χ0n) is 12.8. The van der Waals surface area contributed by atoms with E-state index in [2.05, 4.69) is 20.8 Å². The van der Waals surface area contributed by atoms with Crippen LogP contribution in [0.3, 0.4) is 0 Å². The fourth-order valence-electron chi connectivity index (χ4n) is 4.91. The van der Waals surface area contributed by atoms with Crippen LogP contribution in [-0.2, 0) is 9.53 Å². The van der Waals surface area contributed by atoms with Gasteiger partial charge in [0.25, 0.3) is 0 Å². The molecule has 114 valence electrons. The van der Waals surface area contributed by atoms with E-state index >= 15 is 0 Å².